The molecule has 0 saturated heterocycles. The van der Waals surface area contributed by atoms with E-state index in [4.69, 9.17) is 5.11 Å². The van der Waals surface area contributed by atoms with Gasteiger partial charge in [0.05, 0.1) is 3.57 Å². The number of nitrogens with zero attached hydrogens (tertiary/aromatic N) is 1. The van der Waals surface area contributed by atoms with E-state index in [2.05, 4.69) is 4.98 Å². The van der Waals surface area contributed by atoms with E-state index < -0.39 is 11.9 Å². The second-order valence-electron chi connectivity index (χ2n) is 1.77. The first-order valence-corrected chi connectivity index (χ1v) is 3.74. The maximum absolute atomic E-state index is 12.6. The quantitative estimate of drug-likeness (QED) is 0.620. The molecule has 0 aliphatic heterocycles. The molecule has 5 heteroatoms. The van der Waals surface area contributed by atoms with Crippen LogP contribution in [0.5, 0.6) is 0 Å². The standard InChI is InChI=1S/C6H3FINO2/c7-5-3(8)1-2-4(9-5)6(10)11/h1-2H,(H,10,11). The van der Waals surface area contributed by atoms with Crippen LogP contribution in [0.25, 0.3) is 0 Å². The third-order valence-corrected chi connectivity index (χ3v) is 1.83. The van der Waals surface area contributed by atoms with Gasteiger partial charge in [0.2, 0.25) is 5.95 Å². The lowest BCUT2D eigenvalue weighted by atomic mass is 10.3. The van der Waals surface area contributed by atoms with Gasteiger partial charge in [0.25, 0.3) is 0 Å². The fraction of sp³-hybridized carbons (Fsp3) is 0. The van der Waals surface area contributed by atoms with E-state index in [1.165, 1.54) is 12.1 Å². The maximum atomic E-state index is 12.6. The molecule has 0 amide bonds. The number of hydrogen-bond donors (Lipinski definition) is 1. The Morgan fingerprint density at radius 3 is 2.73 bits per heavy atom. The molecular weight excluding hydrogens is 264 g/mol. The predicted octanol–water partition coefficient (Wildman–Crippen LogP) is 1.52. The molecule has 0 atom stereocenters. The summed E-state index contributed by atoms with van der Waals surface area (Å²) in [6.45, 7) is 0. The molecule has 58 valence electrons. The molecule has 0 aliphatic carbocycles. The highest BCUT2D eigenvalue weighted by Gasteiger charge is 2.07. The van der Waals surface area contributed by atoms with Crippen LogP contribution in [0.2, 0.25) is 0 Å². The van der Waals surface area contributed by atoms with Crippen LogP contribution in [-0.2, 0) is 0 Å². The van der Waals surface area contributed by atoms with Crippen molar-refractivity contribution in [2.24, 2.45) is 0 Å². The Morgan fingerprint density at radius 2 is 2.27 bits per heavy atom. The third kappa shape index (κ3) is 1.86. The molecule has 0 radical (unpaired) electrons. The monoisotopic (exact) mass is 267 g/mol. The molecule has 3 nitrogen and oxygen atoms in total. The number of carboxylic acid groups (broad SMARTS) is 1. The zero-order chi connectivity index (χ0) is 8.43. The molecule has 1 heterocycles. The molecule has 1 N–H and O–H groups in total. The van der Waals surface area contributed by atoms with Crippen LogP contribution in [0.15, 0.2) is 12.1 Å². The zero-order valence-electron chi connectivity index (χ0n) is 5.21. The fourth-order valence-corrected chi connectivity index (χ4v) is 0.837. The molecule has 0 spiro atoms. The SMILES string of the molecule is O=C(O)c1ccc(I)c(F)n1. The topological polar surface area (TPSA) is 50.2 Å². The Bertz CT molecular complexity index is 303. The number of aromatic carboxylic acids is 1. The first-order chi connectivity index (χ1) is 5.11. The van der Waals surface area contributed by atoms with Gasteiger partial charge in [-0.1, -0.05) is 0 Å². The third-order valence-electron chi connectivity index (χ3n) is 1.02. The number of carboxylic acids is 1. The van der Waals surface area contributed by atoms with E-state index >= 15 is 0 Å². The Labute approximate surface area is 75.4 Å². The van der Waals surface area contributed by atoms with Crippen molar-refractivity contribution >= 4 is 28.6 Å². The Balaban J connectivity index is 3.15. The van der Waals surface area contributed by atoms with E-state index in [0.29, 0.717) is 3.57 Å². The number of carbonyl (C=O) groups is 1. The summed E-state index contributed by atoms with van der Waals surface area (Å²) in [4.78, 5) is 13.4. The highest BCUT2D eigenvalue weighted by molar-refractivity contribution is 14.1. The van der Waals surface area contributed by atoms with Gasteiger partial charge in [0, 0.05) is 0 Å². The summed E-state index contributed by atoms with van der Waals surface area (Å²) in [6, 6.07) is 2.62. The molecule has 11 heavy (non-hydrogen) atoms. The zero-order valence-corrected chi connectivity index (χ0v) is 7.37. The summed E-state index contributed by atoms with van der Waals surface area (Å²) in [6.07, 6.45) is 0. The average Bonchev–Trinajstić information content (AvgIpc) is 1.94. The van der Waals surface area contributed by atoms with Crippen LogP contribution in [0.4, 0.5) is 4.39 Å². The first kappa shape index (κ1) is 8.38. The summed E-state index contributed by atoms with van der Waals surface area (Å²) in [7, 11) is 0. The lowest BCUT2D eigenvalue weighted by molar-refractivity contribution is 0.0689. The number of rotatable bonds is 1. The highest BCUT2D eigenvalue weighted by atomic mass is 127. The molecular formula is C6H3FINO2. The summed E-state index contributed by atoms with van der Waals surface area (Å²) in [5.41, 5.74) is -0.275. The largest absolute Gasteiger partial charge is 0.477 e. The first-order valence-electron chi connectivity index (χ1n) is 2.66. The lowest BCUT2D eigenvalue weighted by Gasteiger charge is -1.94. The van der Waals surface area contributed by atoms with Gasteiger partial charge in [0.1, 0.15) is 0 Å². The summed E-state index contributed by atoms with van der Waals surface area (Å²) in [5.74, 6) is -1.97. The molecule has 0 aliphatic rings. The van der Waals surface area contributed by atoms with Gasteiger partial charge < -0.3 is 5.11 Å². The van der Waals surface area contributed by atoms with Crippen LogP contribution < -0.4 is 0 Å². The van der Waals surface area contributed by atoms with Gasteiger partial charge in [-0.3, -0.25) is 0 Å². The van der Waals surface area contributed by atoms with Gasteiger partial charge in [-0.2, -0.15) is 4.39 Å². The summed E-state index contributed by atoms with van der Waals surface area (Å²) < 4.78 is 12.9. The van der Waals surface area contributed by atoms with Crippen LogP contribution in [0.3, 0.4) is 0 Å². The molecule has 0 fully saturated rings. The molecule has 0 bridgehead atoms. The second kappa shape index (κ2) is 3.12. The van der Waals surface area contributed by atoms with Crippen molar-refractivity contribution < 1.29 is 14.3 Å². The van der Waals surface area contributed by atoms with Crippen molar-refractivity contribution in [2.45, 2.75) is 0 Å². The van der Waals surface area contributed by atoms with Crippen LogP contribution in [0, 0.1) is 9.52 Å². The van der Waals surface area contributed by atoms with Gasteiger partial charge in [-0.15, -0.1) is 0 Å². The minimum atomic E-state index is -1.22. The van der Waals surface area contributed by atoms with Gasteiger partial charge in [0.15, 0.2) is 5.69 Å². The van der Waals surface area contributed by atoms with Crippen molar-refractivity contribution in [3.8, 4) is 0 Å². The maximum Gasteiger partial charge on any atom is 0.354 e. The van der Waals surface area contributed by atoms with E-state index in [1.807, 2.05) is 0 Å². The number of aromatic nitrogens is 1. The Hall–Kier alpha value is -0.720. The van der Waals surface area contributed by atoms with E-state index in [0.717, 1.165) is 0 Å². The summed E-state index contributed by atoms with van der Waals surface area (Å²) in [5, 5.41) is 8.37. The smallest absolute Gasteiger partial charge is 0.354 e. The van der Waals surface area contributed by atoms with Gasteiger partial charge in [-0.05, 0) is 34.7 Å². The van der Waals surface area contributed by atoms with Gasteiger partial charge >= 0.3 is 5.97 Å². The minimum Gasteiger partial charge on any atom is -0.477 e. The van der Waals surface area contributed by atoms with Crippen molar-refractivity contribution in [1.82, 2.24) is 4.98 Å². The number of pyridine rings is 1. The lowest BCUT2D eigenvalue weighted by Crippen LogP contribution is -2.02. The van der Waals surface area contributed by atoms with Crippen molar-refractivity contribution in [2.75, 3.05) is 0 Å². The van der Waals surface area contributed by atoms with E-state index in [1.54, 1.807) is 22.6 Å². The molecule has 1 rings (SSSR count). The van der Waals surface area contributed by atoms with E-state index in [9.17, 15) is 9.18 Å². The Kier molecular flexibility index (Phi) is 2.38. The highest BCUT2D eigenvalue weighted by Crippen LogP contribution is 2.08. The van der Waals surface area contributed by atoms with Gasteiger partial charge in [-0.25, -0.2) is 9.78 Å². The fourth-order valence-electron chi connectivity index (χ4n) is 0.536. The van der Waals surface area contributed by atoms with Crippen molar-refractivity contribution in [3.63, 3.8) is 0 Å². The Morgan fingerprint density at radius 1 is 1.64 bits per heavy atom. The van der Waals surface area contributed by atoms with Crippen LogP contribution >= 0.6 is 22.6 Å². The molecule has 1 aromatic heterocycles. The molecule has 0 aromatic carbocycles. The van der Waals surface area contributed by atoms with Crippen molar-refractivity contribution in [1.29, 1.82) is 0 Å². The molecule has 0 unspecified atom stereocenters. The molecule has 0 saturated carbocycles. The predicted molar refractivity (Wildman–Crippen MR) is 43.9 cm³/mol. The average molecular weight is 267 g/mol. The van der Waals surface area contributed by atoms with Crippen molar-refractivity contribution in [3.05, 3.63) is 27.3 Å². The molecule has 1 aromatic rings. The van der Waals surface area contributed by atoms with Crippen LogP contribution in [-0.4, -0.2) is 16.1 Å². The summed E-state index contributed by atoms with van der Waals surface area (Å²) >= 11 is 1.73. The minimum absolute atomic E-state index is 0.275. The van der Waals surface area contributed by atoms with E-state index in [-0.39, 0.29) is 5.69 Å². The second-order valence-corrected chi connectivity index (χ2v) is 2.94. The number of halogens is 2. The van der Waals surface area contributed by atoms with Crippen LogP contribution in [0.1, 0.15) is 10.5 Å². The number of hydrogen-bond acceptors (Lipinski definition) is 2. The normalized spacial score (nSPS) is 9.64.